The van der Waals surface area contributed by atoms with Gasteiger partial charge in [0.05, 0.1) is 6.42 Å². The van der Waals surface area contributed by atoms with Crippen LogP contribution in [-0.4, -0.2) is 16.5 Å². The number of carbonyl (C=O) groups is 1. The van der Waals surface area contributed by atoms with Gasteiger partial charge in [-0.2, -0.15) is 0 Å². The number of halogens is 1. The van der Waals surface area contributed by atoms with Gasteiger partial charge in [-0.15, -0.1) is 24.2 Å². The summed E-state index contributed by atoms with van der Waals surface area (Å²) in [6.45, 7) is 0. The number of carboxylic acids is 1. The summed E-state index contributed by atoms with van der Waals surface area (Å²) in [6.07, 6.45) is 0.486. The van der Waals surface area contributed by atoms with Crippen LogP contribution in [0.15, 0.2) is 53.4 Å². The standard InChI is InChI=1S/C16H15ClO2S/c17-13(10-16(18)19)8-11-6-7-14(15(20)9-11)12-4-2-1-3-5-12/h1-7,9,13,20H,8,10H2,(H,18,19). The minimum atomic E-state index is -0.878. The third-order valence-corrected chi connectivity index (χ3v) is 3.68. The van der Waals surface area contributed by atoms with Crippen LogP contribution < -0.4 is 0 Å². The molecule has 0 aliphatic rings. The van der Waals surface area contributed by atoms with Crippen LogP contribution >= 0.6 is 24.2 Å². The lowest BCUT2D eigenvalue weighted by Gasteiger charge is -2.10. The molecule has 0 heterocycles. The van der Waals surface area contributed by atoms with Gasteiger partial charge in [0, 0.05) is 10.3 Å². The normalized spacial score (nSPS) is 12.1. The fourth-order valence-corrected chi connectivity index (χ4v) is 2.76. The lowest BCUT2D eigenvalue weighted by molar-refractivity contribution is -0.137. The van der Waals surface area contributed by atoms with Crippen LogP contribution in [0.4, 0.5) is 0 Å². The van der Waals surface area contributed by atoms with Gasteiger partial charge in [-0.1, -0.05) is 42.5 Å². The minimum Gasteiger partial charge on any atom is -0.481 e. The van der Waals surface area contributed by atoms with Crippen molar-refractivity contribution in [3.63, 3.8) is 0 Å². The number of rotatable bonds is 5. The van der Waals surface area contributed by atoms with Gasteiger partial charge in [0.25, 0.3) is 0 Å². The van der Waals surface area contributed by atoms with Crippen molar-refractivity contribution in [2.75, 3.05) is 0 Å². The van der Waals surface area contributed by atoms with E-state index in [2.05, 4.69) is 12.6 Å². The van der Waals surface area contributed by atoms with Crippen molar-refractivity contribution in [3.8, 4) is 11.1 Å². The van der Waals surface area contributed by atoms with E-state index in [1.807, 2.05) is 48.5 Å². The van der Waals surface area contributed by atoms with Crippen LogP contribution in [-0.2, 0) is 11.2 Å². The molecule has 0 amide bonds. The summed E-state index contributed by atoms with van der Waals surface area (Å²) in [5.41, 5.74) is 3.16. The maximum atomic E-state index is 10.6. The largest absolute Gasteiger partial charge is 0.481 e. The molecule has 2 aromatic carbocycles. The predicted octanol–water partition coefficient (Wildman–Crippen LogP) is 4.27. The number of hydrogen-bond acceptors (Lipinski definition) is 2. The SMILES string of the molecule is O=C(O)CC(Cl)Cc1ccc(-c2ccccc2)c(S)c1. The van der Waals surface area contributed by atoms with Crippen molar-refractivity contribution in [2.45, 2.75) is 23.1 Å². The lowest BCUT2D eigenvalue weighted by atomic mass is 10.0. The van der Waals surface area contributed by atoms with E-state index in [4.69, 9.17) is 16.7 Å². The Morgan fingerprint density at radius 3 is 2.50 bits per heavy atom. The Labute approximate surface area is 128 Å². The van der Waals surface area contributed by atoms with E-state index in [0.717, 1.165) is 21.6 Å². The van der Waals surface area contributed by atoms with Crippen LogP contribution in [0.3, 0.4) is 0 Å². The number of hydrogen-bond donors (Lipinski definition) is 2. The van der Waals surface area contributed by atoms with Gasteiger partial charge in [-0.3, -0.25) is 4.79 Å². The molecule has 1 N–H and O–H groups in total. The second-order valence-corrected chi connectivity index (χ2v) is 5.72. The van der Waals surface area contributed by atoms with Gasteiger partial charge in [-0.25, -0.2) is 0 Å². The van der Waals surface area contributed by atoms with Crippen molar-refractivity contribution >= 4 is 30.2 Å². The van der Waals surface area contributed by atoms with Crippen molar-refractivity contribution in [1.82, 2.24) is 0 Å². The van der Waals surface area contributed by atoms with Crippen LogP contribution in [0.1, 0.15) is 12.0 Å². The third-order valence-electron chi connectivity index (χ3n) is 3.00. The molecule has 2 aromatic rings. The Balaban J connectivity index is 2.16. The summed E-state index contributed by atoms with van der Waals surface area (Å²) < 4.78 is 0. The predicted molar refractivity (Wildman–Crippen MR) is 84.7 cm³/mol. The van der Waals surface area contributed by atoms with E-state index >= 15 is 0 Å². The van der Waals surface area contributed by atoms with Gasteiger partial charge in [0.1, 0.15) is 0 Å². The number of carboxylic acid groups (broad SMARTS) is 1. The summed E-state index contributed by atoms with van der Waals surface area (Å²) in [4.78, 5) is 11.5. The molecule has 0 radical (unpaired) electrons. The smallest absolute Gasteiger partial charge is 0.304 e. The highest BCUT2D eigenvalue weighted by Gasteiger charge is 2.11. The summed E-state index contributed by atoms with van der Waals surface area (Å²) in [6, 6.07) is 15.9. The first-order valence-electron chi connectivity index (χ1n) is 6.29. The molecule has 20 heavy (non-hydrogen) atoms. The highest BCUT2D eigenvalue weighted by molar-refractivity contribution is 7.80. The monoisotopic (exact) mass is 306 g/mol. The number of alkyl halides is 1. The zero-order valence-corrected chi connectivity index (χ0v) is 12.4. The van der Waals surface area contributed by atoms with E-state index in [1.165, 1.54) is 0 Å². The molecule has 0 bridgehead atoms. The van der Waals surface area contributed by atoms with E-state index in [0.29, 0.717) is 6.42 Å². The highest BCUT2D eigenvalue weighted by Crippen LogP contribution is 2.28. The summed E-state index contributed by atoms with van der Waals surface area (Å²) >= 11 is 10.5. The number of thiol groups is 1. The average molecular weight is 307 g/mol. The maximum absolute atomic E-state index is 10.6. The third kappa shape index (κ3) is 4.02. The van der Waals surface area contributed by atoms with Gasteiger partial charge in [-0.05, 0) is 29.2 Å². The van der Waals surface area contributed by atoms with Gasteiger partial charge in [0.15, 0.2) is 0 Å². The second-order valence-electron chi connectivity index (χ2n) is 4.62. The molecule has 1 atom stereocenters. The first-order valence-corrected chi connectivity index (χ1v) is 7.18. The molecule has 2 nitrogen and oxygen atoms in total. The van der Waals surface area contributed by atoms with Gasteiger partial charge >= 0.3 is 5.97 Å². The van der Waals surface area contributed by atoms with Crippen molar-refractivity contribution in [3.05, 3.63) is 54.1 Å². The van der Waals surface area contributed by atoms with Gasteiger partial charge in [0.2, 0.25) is 0 Å². The van der Waals surface area contributed by atoms with Crippen LogP contribution in [0.25, 0.3) is 11.1 Å². The fraction of sp³-hybridized carbons (Fsp3) is 0.188. The van der Waals surface area contributed by atoms with Crippen LogP contribution in [0.5, 0.6) is 0 Å². The van der Waals surface area contributed by atoms with Crippen LogP contribution in [0, 0.1) is 0 Å². The van der Waals surface area contributed by atoms with E-state index in [-0.39, 0.29) is 6.42 Å². The zero-order valence-electron chi connectivity index (χ0n) is 10.8. The van der Waals surface area contributed by atoms with Crippen LogP contribution in [0.2, 0.25) is 0 Å². The van der Waals surface area contributed by atoms with Crippen molar-refractivity contribution < 1.29 is 9.90 Å². The Morgan fingerprint density at radius 1 is 1.20 bits per heavy atom. The Kier molecular flexibility index (Phi) is 5.10. The quantitative estimate of drug-likeness (QED) is 0.639. The molecule has 0 saturated heterocycles. The Hall–Kier alpha value is -1.45. The second kappa shape index (κ2) is 6.82. The molecule has 0 saturated carbocycles. The summed E-state index contributed by atoms with van der Waals surface area (Å²) in [5.74, 6) is -0.878. The highest BCUT2D eigenvalue weighted by atomic mass is 35.5. The van der Waals surface area contributed by atoms with Crippen molar-refractivity contribution in [1.29, 1.82) is 0 Å². The molecule has 0 aliphatic carbocycles. The Morgan fingerprint density at radius 2 is 1.90 bits per heavy atom. The number of benzene rings is 2. The first-order chi connectivity index (χ1) is 9.56. The zero-order chi connectivity index (χ0) is 14.5. The molecule has 0 spiro atoms. The molecule has 0 fully saturated rings. The minimum absolute atomic E-state index is 0.0378. The number of aliphatic carboxylic acids is 1. The fourth-order valence-electron chi connectivity index (χ4n) is 2.08. The molecule has 4 heteroatoms. The molecule has 1 unspecified atom stereocenters. The van der Waals surface area contributed by atoms with Gasteiger partial charge < -0.3 is 5.11 Å². The van der Waals surface area contributed by atoms with E-state index in [9.17, 15) is 4.79 Å². The first kappa shape index (κ1) is 14.9. The average Bonchev–Trinajstić information content (AvgIpc) is 2.38. The molecule has 104 valence electrons. The lowest BCUT2D eigenvalue weighted by Crippen LogP contribution is -2.10. The topological polar surface area (TPSA) is 37.3 Å². The van der Waals surface area contributed by atoms with Crippen molar-refractivity contribution in [2.24, 2.45) is 0 Å². The molecule has 0 aliphatic heterocycles. The molecule has 2 rings (SSSR count). The molecular weight excluding hydrogens is 292 g/mol. The van der Waals surface area contributed by atoms with E-state index in [1.54, 1.807) is 0 Å². The molecule has 0 aromatic heterocycles. The molecular formula is C16H15ClO2S. The summed E-state index contributed by atoms with van der Waals surface area (Å²) in [7, 11) is 0. The van der Waals surface area contributed by atoms with E-state index < -0.39 is 11.3 Å². The maximum Gasteiger partial charge on any atom is 0.304 e. The Bertz CT molecular complexity index is 599. The summed E-state index contributed by atoms with van der Waals surface area (Å²) in [5, 5.41) is 8.31.